The fraction of sp³-hybridized carbons (Fsp3) is 0.429. The summed E-state index contributed by atoms with van der Waals surface area (Å²) in [5, 5.41) is 12.7. The van der Waals surface area contributed by atoms with Gasteiger partial charge in [-0.25, -0.2) is 0 Å². The van der Waals surface area contributed by atoms with Crippen LogP contribution in [0.4, 0.5) is 5.69 Å². The molecule has 2 heterocycles. The van der Waals surface area contributed by atoms with Gasteiger partial charge in [0.15, 0.2) is 11.5 Å². The van der Waals surface area contributed by atoms with Gasteiger partial charge in [0.05, 0.1) is 31.6 Å². The van der Waals surface area contributed by atoms with E-state index in [9.17, 15) is 0 Å². The molecule has 20 heavy (non-hydrogen) atoms. The molecule has 1 aliphatic rings. The Labute approximate surface area is 117 Å². The highest BCUT2D eigenvalue weighted by Gasteiger charge is 2.16. The summed E-state index contributed by atoms with van der Waals surface area (Å²) in [6.45, 7) is 3.90. The van der Waals surface area contributed by atoms with Crippen LogP contribution in [0.3, 0.4) is 0 Å². The van der Waals surface area contributed by atoms with Gasteiger partial charge in [-0.15, -0.1) is 0 Å². The van der Waals surface area contributed by atoms with Gasteiger partial charge in [-0.2, -0.15) is 10.2 Å². The van der Waals surface area contributed by atoms with E-state index in [1.54, 1.807) is 14.2 Å². The van der Waals surface area contributed by atoms with Crippen molar-refractivity contribution in [2.75, 3.05) is 45.3 Å². The van der Waals surface area contributed by atoms with Crippen molar-refractivity contribution in [1.82, 2.24) is 15.5 Å². The van der Waals surface area contributed by atoms with E-state index in [2.05, 4.69) is 20.4 Å². The van der Waals surface area contributed by atoms with Gasteiger partial charge in [0, 0.05) is 37.6 Å². The zero-order valence-electron chi connectivity index (χ0n) is 11.7. The molecule has 6 nitrogen and oxygen atoms in total. The summed E-state index contributed by atoms with van der Waals surface area (Å²) in [5.41, 5.74) is 1.91. The molecular weight excluding hydrogens is 256 g/mol. The molecule has 1 N–H and O–H groups in total. The van der Waals surface area contributed by atoms with Crippen molar-refractivity contribution in [3.8, 4) is 11.5 Å². The quantitative estimate of drug-likeness (QED) is 0.903. The van der Waals surface area contributed by atoms with Gasteiger partial charge in [-0.05, 0) is 6.07 Å². The molecule has 6 heteroatoms. The Morgan fingerprint density at radius 1 is 1.10 bits per heavy atom. The van der Waals surface area contributed by atoms with Gasteiger partial charge >= 0.3 is 0 Å². The topological polar surface area (TPSA) is 59.5 Å². The summed E-state index contributed by atoms with van der Waals surface area (Å²) in [4.78, 5) is 2.32. The van der Waals surface area contributed by atoms with Crippen LogP contribution in [0.15, 0.2) is 18.3 Å². The Morgan fingerprint density at radius 2 is 1.80 bits per heavy atom. The van der Waals surface area contributed by atoms with E-state index in [1.807, 2.05) is 18.3 Å². The van der Waals surface area contributed by atoms with E-state index in [4.69, 9.17) is 9.47 Å². The predicted octanol–water partition coefficient (Wildman–Crippen LogP) is 1.06. The van der Waals surface area contributed by atoms with Crippen molar-refractivity contribution >= 4 is 16.6 Å². The van der Waals surface area contributed by atoms with Crippen molar-refractivity contribution in [2.45, 2.75) is 0 Å². The van der Waals surface area contributed by atoms with Crippen molar-refractivity contribution in [3.05, 3.63) is 18.3 Å². The number of fused-ring (bicyclic) bond motifs is 1. The summed E-state index contributed by atoms with van der Waals surface area (Å²) in [6, 6.07) is 3.84. The Kier molecular flexibility index (Phi) is 3.56. The van der Waals surface area contributed by atoms with Crippen LogP contribution in [-0.2, 0) is 0 Å². The van der Waals surface area contributed by atoms with Gasteiger partial charge in [0.2, 0.25) is 0 Å². The number of hydrogen-bond acceptors (Lipinski definition) is 6. The summed E-state index contributed by atoms with van der Waals surface area (Å²) in [7, 11) is 3.26. The summed E-state index contributed by atoms with van der Waals surface area (Å²) in [5.74, 6) is 1.39. The van der Waals surface area contributed by atoms with Gasteiger partial charge in [0.1, 0.15) is 0 Å². The van der Waals surface area contributed by atoms with Gasteiger partial charge < -0.3 is 19.7 Å². The number of ether oxygens (including phenoxy) is 2. The largest absolute Gasteiger partial charge is 0.493 e. The standard InChI is InChI=1S/C14H18N4O2/c1-19-13-7-10-11(8-14(13)20-2)17-16-9-12(10)18-5-3-15-4-6-18/h7-9,15H,3-6H2,1-2H3. The fourth-order valence-corrected chi connectivity index (χ4v) is 2.53. The van der Waals surface area contributed by atoms with Crippen LogP contribution in [-0.4, -0.2) is 50.6 Å². The minimum absolute atomic E-state index is 0.673. The summed E-state index contributed by atoms with van der Waals surface area (Å²) < 4.78 is 10.7. The van der Waals surface area contributed by atoms with Crippen LogP contribution >= 0.6 is 0 Å². The molecule has 0 amide bonds. The first-order valence-corrected chi connectivity index (χ1v) is 6.66. The lowest BCUT2D eigenvalue weighted by Gasteiger charge is -2.29. The first-order chi connectivity index (χ1) is 9.83. The van der Waals surface area contributed by atoms with E-state index in [0.717, 1.165) is 42.8 Å². The summed E-state index contributed by atoms with van der Waals surface area (Å²) >= 11 is 0. The monoisotopic (exact) mass is 274 g/mol. The highest BCUT2D eigenvalue weighted by atomic mass is 16.5. The average Bonchev–Trinajstić information content (AvgIpc) is 2.53. The number of piperazine rings is 1. The molecule has 1 aromatic carbocycles. The third-order valence-corrected chi connectivity index (χ3v) is 3.58. The van der Waals surface area contributed by atoms with Gasteiger partial charge in [-0.1, -0.05) is 0 Å². The Morgan fingerprint density at radius 3 is 2.50 bits per heavy atom. The number of nitrogens with one attached hydrogen (secondary N) is 1. The third-order valence-electron chi connectivity index (χ3n) is 3.58. The molecule has 2 aromatic rings. The van der Waals surface area contributed by atoms with E-state index >= 15 is 0 Å². The minimum atomic E-state index is 0.673. The fourth-order valence-electron chi connectivity index (χ4n) is 2.53. The average molecular weight is 274 g/mol. The maximum atomic E-state index is 5.38. The van der Waals surface area contributed by atoms with Crippen LogP contribution in [0.5, 0.6) is 11.5 Å². The zero-order chi connectivity index (χ0) is 13.9. The Bertz CT molecular complexity index is 611. The third kappa shape index (κ3) is 2.22. The number of methoxy groups -OCH3 is 2. The smallest absolute Gasteiger partial charge is 0.162 e. The van der Waals surface area contributed by atoms with Crippen LogP contribution < -0.4 is 19.7 Å². The molecule has 106 valence electrons. The molecular formula is C14H18N4O2. The highest BCUT2D eigenvalue weighted by Crippen LogP contribution is 2.35. The number of rotatable bonds is 3. The van der Waals surface area contributed by atoms with Crippen LogP contribution in [0, 0.1) is 0 Å². The van der Waals surface area contributed by atoms with Crippen molar-refractivity contribution in [3.63, 3.8) is 0 Å². The maximum Gasteiger partial charge on any atom is 0.162 e. The first-order valence-electron chi connectivity index (χ1n) is 6.66. The Balaban J connectivity index is 2.12. The van der Waals surface area contributed by atoms with Crippen molar-refractivity contribution in [2.24, 2.45) is 0 Å². The number of benzene rings is 1. The molecule has 0 spiro atoms. The minimum Gasteiger partial charge on any atom is -0.493 e. The summed E-state index contributed by atoms with van der Waals surface area (Å²) in [6.07, 6.45) is 1.82. The molecule has 0 radical (unpaired) electrons. The Hall–Kier alpha value is -2.08. The van der Waals surface area contributed by atoms with Crippen molar-refractivity contribution in [1.29, 1.82) is 0 Å². The van der Waals surface area contributed by atoms with Crippen LogP contribution in [0.25, 0.3) is 10.9 Å². The van der Waals surface area contributed by atoms with Crippen LogP contribution in [0.1, 0.15) is 0 Å². The van der Waals surface area contributed by atoms with E-state index in [1.165, 1.54) is 0 Å². The molecule has 3 rings (SSSR count). The lowest BCUT2D eigenvalue weighted by molar-refractivity contribution is 0.355. The van der Waals surface area contributed by atoms with Gasteiger partial charge in [-0.3, -0.25) is 0 Å². The van der Waals surface area contributed by atoms with Gasteiger partial charge in [0.25, 0.3) is 0 Å². The second kappa shape index (κ2) is 5.50. The number of anilines is 1. The molecule has 1 fully saturated rings. The number of hydrogen-bond donors (Lipinski definition) is 1. The molecule has 0 unspecified atom stereocenters. The van der Waals surface area contributed by atoms with E-state index in [-0.39, 0.29) is 0 Å². The second-order valence-electron chi connectivity index (χ2n) is 4.69. The first kappa shape index (κ1) is 12.9. The predicted molar refractivity (Wildman–Crippen MR) is 77.7 cm³/mol. The van der Waals surface area contributed by atoms with E-state index in [0.29, 0.717) is 11.5 Å². The normalized spacial score (nSPS) is 15.4. The molecule has 1 aliphatic heterocycles. The zero-order valence-corrected chi connectivity index (χ0v) is 11.7. The second-order valence-corrected chi connectivity index (χ2v) is 4.69. The lowest BCUT2D eigenvalue weighted by atomic mass is 10.1. The van der Waals surface area contributed by atoms with E-state index < -0.39 is 0 Å². The number of nitrogens with zero attached hydrogens (tertiary/aromatic N) is 3. The number of aromatic nitrogens is 2. The molecule has 1 aromatic heterocycles. The molecule has 0 bridgehead atoms. The maximum absolute atomic E-state index is 5.38. The van der Waals surface area contributed by atoms with Crippen molar-refractivity contribution < 1.29 is 9.47 Å². The molecule has 1 saturated heterocycles. The highest BCUT2D eigenvalue weighted by molar-refractivity contribution is 5.93. The lowest BCUT2D eigenvalue weighted by Crippen LogP contribution is -2.43. The SMILES string of the molecule is COc1cc2nncc(N3CCNCC3)c2cc1OC. The molecule has 0 aliphatic carbocycles. The molecule has 0 saturated carbocycles. The van der Waals surface area contributed by atoms with Crippen LogP contribution in [0.2, 0.25) is 0 Å². The molecule has 0 atom stereocenters.